The third kappa shape index (κ3) is 2.29. The maximum Gasteiger partial charge on any atom is 0.269 e. The highest BCUT2D eigenvalue weighted by molar-refractivity contribution is 5.93. The van der Waals surface area contributed by atoms with Crippen LogP contribution in [0.4, 0.5) is 5.82 Å². The lowest BCUT2D eigenvalue weighted by Crippen LogP contribution is -2.32. The van der Waals surface area contributed by atoms with E-state index < -0.39 is 0 Å². The molecule has 1 fully saturated rings. The number of aromatic amines is 1. The topological polar surface area (TPSA) is 69.8 Å². The first-order valence-electron chi connectivity index (χ1n) is 5.33. The van der Waals surface area contributed by atoms with Crippen LogP contribution in [0.1, 0.15) is 36.2 Å². The normalized spacial score (nSPS) is 16.6. The molecule has 82 valence electrons. The van der Waals surface area contributed by atoms with Gasteiger partial charge in [-0.3, -0.25) is 9.89 Å². The first kappa shape index (κ1) is 10.0. The van der Waals surface area contributed by atoms with Gasteiger partial charge in [-0.2, -0.15) is 5.10 Å². The highest BCUT2D eigenvalue weighted by Gasteiger charge is 2.18. The molecule has 5 heteroatoms. The van der Waals surface area contributed by atoms with E-state index in [1.807, 2.05) is 0 Å². The van der Waals surface area contributed by atoms with Crippen LogP contribution in [0.25, 0.3) is 0 Å². The SMILES string of the molecule is CNc1cc(C(=O)NC2CCCC2)[nH]n1. The summed E-state index contributed by atoms with van der Waals surface area (Å²) in [6.45, 7) is 0. The fourth-order valence-corrected chi connectivity index (χ4v) is 1.90. The third-order valence-corrected chi connectivity index (χ3v) is 2.77. The van der Waals surface area contributed by atoms with Crippen LogP contribution in [0.2, 0.25) is 0 Å². The molecule has 0 aromatic carbocycles. The van der Waals surface area contributed by atoms with Crippen molar-refractivity contribution in [2.75, 3.05) is 12.4 Å². The van der Waals surface area contributed by atoms with E-state index in [9.17, 15) is 4.79 Å². The molecule has 1 aromatic rings. The van der Waals surface area contributed by atoms with Gasteiger partial charge in [0.25, 0.3) is 5.91 Å². The summed E-state index contributed by atoms with van der Waals surface area (Å²) in [6.07, 6.45) is 4.63. The van der Waals surface area contributed by atoms with Gasteiger partial charge >= 0.3 is 0 Å². The molecular weight excluding hydrogens is 192 g/mol. The van der Waals surface area contributed by atoms with Gasteiger partial charge in [-0.1, -0.05) is 12.8 Å². The molecule has 1 aromatic heterocycles. The molecule has 0 radical (unpaired) electrons. The molecule has 0 aliphatic heterocycles. The molecule has 2 rings (SSSR count). The van der Waals surface area contributed by atoms with Gasteiger partial charge in [0.1, 0.15) is 11.5 Å². The molecular formula is C10H16N4O. The van der Waals surface area contributed by atoms with E-state index >= 15 is 0 Å². The van der Waals surface area contributed by atoms with Crippen LogP contribution in [0.3, 0.4) is 0 Å². The van der Waals surface area contributed by atoms with E-state index in [4.69, 9.17) is 0 Å². The Kier molecular flexibility index (Phi) is 2.89. The zero-order chi connectivity index (χ0) is 10.7. The number of carbonyl (C=O) groups is 1. The van der Waals surface area contributed by atoms with Crippen LogP contribution >= 0.6 is 0 Å². The van der Waals surface area contributed by atoms with Gasteiger partial charge in [0.15, 0.2) is 0 Å². The lowest BCUT2D eigenvalue weighted by molar-refractivity contribution is 0.0933. The van der Waals surface area contributed by atoms with E-state index in [0.717, 1.165) is 12.8 Å². The number of hydrogen-bond acceptors (Lipinski definition) is 3. The molecule has 0 saturated heterocycles. The second kappa shape index (κ2) is 4.33. The van der Waals surface area contributed by atoms with Crippen LogP contribution in [-0.4, -0.2) is 29.2 Å². The fraction of sp³-hybridized carbons (Fsp3) is 0.600. The summed E-state index contributed by atoms with van der Waals surface area (Å²) in [4.78, 5) is 11.7. The Bertz CT molecular complexity index is 341. The lowest BCUT2D eigenvalue weighted by Gasteiger charge is -2.09. The van der Waals surface area contributed by atoms with Crippen LogP contribution in [0.5, 0.6) is 0 Å². The zero-order valence-corrected chi connectivity index (χ0v) is 8.84. The summed E-state index contributed by atoms with van der Waals surface area (Å²) >= 11 is 0. The minimum atomic E-state index is -0.0594. The predicted molar refractivity (Wildman–Crippen MR) is 57.9 cm³/mol. The van der Waals surface area contributed by atoms with Gasteiger partial charge in [0.2, 0.25) is 0 Å². The van der Waals surface area contributed by atoms with Crippen LogP contribution in [-0.2, 0) is 0 Å². The molecule has 15 heavy (non-hydrogen) atoms. The Labute approximate surface area is 88.6 Å². The monoisotopic (exact) mass is 208 g/mol. The molecule has 5 nitrogen and oxygen atoms in total. The summed E-state index contributed by atoms with van der Waals surface area (Å²) in [6, 6.07) is 2.06. The average molecular weight is 208 g/mol. The molecule has 0 unspecified atom stereocenters. The van der Waals surface area contributed by atoms with Crippen molar-refractivity contribution < 1.29 is 4.79 Å². The van der Waals surface area contributed by atoms with E-state index in [1.54, 1.807) is 13.1 Å². The highest BCUT2D eigenvalue weighted by atomic mass is 16.2. The van der Waals surface area contributed by atoms with Crippen molar-refractivity contribution in [3.63, 3.8) is 0 Å². The minimum absolute atomic E-state index is 0.0594. The maximum atomic E-state index is 11.7. The number of rotatable bonds is 3. The van der Waals surface area contributed by atoms with Gasteiger partial charge in [-0.05, 0) is 12.8 Å². The number of aromatic nitrogens is 2. The molecule has 1 aliphatic carbocycles. The second-order valence-corrected chi connectivity index (χ2v) is 3.87. The van der Waals surface area contributed by atoms with Gasteiger partial charge in [0, 0.05) is 19.2 Å². The number of nitrogens with zero attached hydrogens (tertiary/aromatic N) is 1. The number of amides is 1. The number of anilines is 1. The lowest BCUT2D eigenvalue weighted by atomic mass is 10.2. The zero-order valence-electron chi connectivity index (χ0n) is 8.84. The third-order valence-electron chi connectivity index (χ3n) is 2.77. The second-order valence-electron chi connectivity index (χ2n) is 3.87. The van der Waals surface area contributed by atoms with Gasteiger partial charge in [-0.25, -0.2) is 0 Å². The molecule has 0 spiro atoms. The van der Waals surface area contributed by atoms with Crippen molar-refractivity contribution in [1.29, 1.82) is 0 Å². The Morgan fingerprint density at radius 1 is 1.53 bits per heavy atom. The maximum absolute atomic E-state index is 11.7. The summed E-state index contributed by atoms with van der Waals surface area (Å²) in [7, 11) is 1.77. The van der Waals surface area contributed by atoms with E-state index in [-0.39, 0.29) is 5.91 Å². The number of hydrogen-bond donors (Lipinski definition) is 3. The number of H-pyrrole nitrogens is 1. The quantitative estimate of drug-likeness (QED) is 0.697. The van der Waals surface area contributed by atoms with E-state index in [0.29, 0.717) is 17.6 Å². The van der Waals surface area contributed by atoms with Crippen molar-refractivity contribution in [2.45, 2.75) is 31.7 Å². The van der Waals surface area contributed by atoms with Crippen molar-refractivity contribution in [3.05, 3.63) is 11.8 Å². The Balaban J connectivity index is 1.94. The molecule has 0 atom stereocenters. The van der Waals surface area contributed by atoms with Crippen LogP contribution in [0.15, 0.2) is 6.07 Å². The Hall–Kier alpha value is -1.52. The van der Waals surface area contributed by atoms with E-state index in [2.05, 4.69) is 20.8 Å². The first-order valence-corrected chi connectivity index (χ1v) is 5.33. The molecule has 1 saturated carbocycles. The van der Waals surface area contributed by atoms with E-state index in [1.165, 1.54) is 12.8 Å². The van der Waals surface area contributed by atoms with Gasteiger partial charge < -0.3 is 10.6 Å². The molecule has 1 heterocycles. The summed E-state index contributed by atoms with van der Waals surface area (Å²) in [5, 5.41) is 12.5. The number of carbonyl (C=O) groups excluding carboxylic acids is 1. The first-order chi connectivity index (χ1) is 7.29. The Morgan fingerprint density at radius 2 is 2.27 bits per heavy atom. The molecule has 3 N–H and O–H groups in total. The van der Waals surface area contributed by atoms with Gasteiger partial charge in [-0.15, -0.1) is 0 Å². The van der Waals surface area contributed by atoms with Crippen LogP contribution in [0, 0.1) is 0 Å². The number of nitrogens with one attached hydrogen (secondary N) is 3. The smallest absolute Gasteiger partial charge is 0.269 e. The summed E-state index contributed by atoms with van der Waals surface area (Å²) < 4.78 is 0. The van der Waals surface area contributed by atoms with Crippen molar-refractivity contribution in [3.8, 4) is 0 Å². The fourth-order valence-electron chi connectivity index (χ4n) is 1.90. The largest absolute Gasteiger partial charge is 0.372 e. The summed E-state index contributed by atoms with van der Waals surface area (Å²) in [5.74, 6) is 0.627. The Morgan fingerprint density at radius 3 is 2.87 bits per heavy atom. The van der Waals surface area contributed by atoms with Gasteiger partial charge in [0.05, 0.1) is 0 Å². The summed E-state index contributed by atoms with van der Waals surface area (Å²) in [5.41, 5.74) is 0.520. The highest BCUT2D eigenvalue weighted by Crippen LogP contribution is 2.18. The average Bonchev–Trinajstić information content (AvgIpc) is 2.86. The van der Waals surface area contributed by atoms with Crippen molar-refractivity contribution in [1.82, 2.24) is 15.5 Å². The molecule has 1 aliphatic rings. The molecule has 1 amide bonds. The van der Waals surface area contributed by atoms with Crippen molar-refractivity contribution >= 4 is 11.7 Å². The predicted octanol–water partition coefficient (Wildman–Crippen LogP) is 1.12. The molecule has 0 bridgehead atoms. The standard InChI is InChI=1S/C10H16N4O/c1-11-9-6-8(13-14-9)10(15)12-7-4-2-3-5-7/h6-7H,2-5H2,1H3,(H,12,15)(H2,11,13,14). The van der Waals surface area contributed by atoms with Crippen molar-refractivity contribution in [2.24, 2.45) is 0 Å². The van der Waals surface area contributed by atoms with Crippen LogP contribution < -0.4 is 10.6 Å². The minimum Gasteiger partial charge on any atom is -0.372 e.